The van der Waals surface area contributed by atoms with E-state index in [1.165, 1.54) is 12.3 Å². The van der Waals surface area contributed by atoms with Crippen molar-refractivity contribution in [1.29, 1.82) is 0 Å². The van der Waals surface area contributed by atoms with Gasteiger partial charge in [0.25, 0.3) is 5.91 Å². The number of hydrogen-bond donors (Lipinski definition) is 2. The summed E-state index contributed by atoms with van der Waals surface area (Å²) in [5.41, 5.74) is 7.30. The highest BCUT2D eigenvalue weighted by atomic mass is 35.5. The Bertz CT molecular complexity index is 835. The fourth-order valence-corrected chi connectivity index (χ4v) is 2.16. The van der Waals surface area contributed by atoms with Gasteiger partial charge in [-0.25, -0.2) is 4.98 Å². The van der Waals surface area contributed by atoms with Crippen molar-refractivity contribution >= 4 is 39.9 Å². The van der Waals surface area contributed by atoms with Crippen LogP contribution in [-0.2, 0) is 0 Å². The Balaban J connectivity index is 1.90. The van der Waals surface area contributed by atoms with Crippen molar-refractivity contribution < 1.29 is 4.79 Å². The van der Waals surface area contributed by atoms with Crippen molar-refractivity contribution in [2.45, 2.75) is 0 Å². The van der Waals surface area contributed by atoms with Gasteiger partial charge < -0.3 is 11.1 Å². The van der Waals surface area contributed by atoms with Gasteiger partial charge in [0.05, 0.1) is 28.0 Å². The van der Waals surface area contributed by atoms with Gasteiger partial charge in [0, 0.05) is 11.6 Å². The zero-order valence-electron chi connectivity index (χ0n) is 10.9. The Morgan fingerprint density at radius 3 is 2.81 bits per heavy atom. The molecule has 3 N–H and O–H groups in total. The predicted molar refractivity (Wildman–Crippen MR) is 83.4 cm³/mol. The number of amides is 1. The number of nitrogens with two attached hydrogens (primary N) is 1. The van der Waals surface area contributed by atoms with Crippen LogP contribution in [-0.4, -0.2) is 15.9 Å². The van der Waals surface area contributed by atoms with Crippen LogP contribution in [0, 0.1) is 0 Å². The van der Waals surface area contributed by atoms with Crippen LogP contribution in [0.25, 0.3) is 10.9 Å². The van der Waals surface area contributed by atoms with E-state index in [4.69, 9.17) is 17.3 Å². The maximum Gasteiger partial charge on any atom is 0.257 e. The van der Waals surface area contributed by atoms with Crippen LogP contribution < -0.4 is 11.1 Å². The normalized spacial score (nSPS) is 10.5. The van der Waals surface area contributed by atoms with Crippen LogP contribution in [0.15, 0.2) is 48.8 Å². The zero-order valence-corrected chi connectivity index (χ0v) is 11.6. The number of halogens is 1. The Kier molecular flexibility index (Phi) is 3.41. The smallest absolute Gasteiger partial charge is 0.257 e. The number of nitrogens with zero attached hydrogens (tertiary/aromatic N) is 2. The largest absolute Gasteiger partial charge is 0.384 e. The molecule has 3 rings (SSSR count). The number of anilines is 2. The Labute approximate surface area is 125 Å². The van der Waals surface area contributed by atoms with E-state index in [-0.39, 0.29) is 22.3 Å². The minimum absolute atomic E-state index is 0.237. The molecule has 0 saturated heterocycles. The first-order valence-corrected chi connectivity index (χ1v) is 6.58. The summed E-state index contributed by atoms with van der Waals surface area (Å²) in [7, 11) is 0. The summed E-state index contributed by atoms with van der Waals surface area (Å²) in [6.45, 7) is 0. The minimum Gasteiger partial charge on any atom is -0.384 e. The molecule has 0 unspecified atom stereocenters. The van der Waals surface area contributed by atoms with Gasteiger partial charge in [-0.2, -0.15) is 0 Å². The minimum atomic E-state index is -0.355. The van der Waals surface area contributed by atoms with E-state index in [0.717, 1.165) is 10.9 Å². The second-order valence-corrected chi connectivity index (χ2v) is 4.87. The first-order chi connectivity index (χ1) is 10.1. The molecule has 1 aromatic carbocycles. The van der Waals surface area contributed by atoms with E-state index in [9.17, 15) is 4.79 Å². The molecule has 0 radical (unpaired) electrons. The molecule has 2 heterocycles. The molecule has 104 valence electrons. The van der Waals surface area contributed by atoms with Crippen molar-refractivity contribution in [3.8, 4) is 0 Å². The van der Waals surface area contributed by atoms with E-state index in [2.05, 4.69) is 15.3 Å². The molecule has 3 aromatic rings. The third kappa shape index (κ3) is 2.78. The van der Waals surface area contributed by atoms with E-state index < -0.39 is 0 Å². The lowest BCUT2D eigenvalue weighted by Crippen LogP contribution is -2.13. The third-order valence-corrected chi connectivity index (χ3v) is 3.27. The van der Waals surface area contributed by atoms with Gasteiger partial charge in [-0.05, 0) is 18.2 Å². The van der Waals surface area contributed by atoms with Crippen molar-refractivity contribution in [3.05, 3.63) is 59.4 Å². The molecule has 0 aliphatic carbocycles. The molecular formula is C15H11ClN4O. The SMILES string of the molecule is Nc1cc(C(=O)Nc2cnc3ccccc3c2)c(Cl)cn1. The van der Waals surface area contributed by atoms with Gasteiger partial charge in [-0.1, -0.05) is 29.8 Å². The van der Waals surface area contributed by atoms with Crippen LogP contribution in [0.1, 0.15) is 10.4 Å². The lowest BCUT2D eigenvalue weighted by atomic mass is 10.2. The highest BCUT2D eigenvalue weighted by Gasteiger charge is 2.12. The molecule has 6 heteroatoms. The van der Waals surface area contributed by atoms with Crippen LogP contribution >= 0.6 is 11.6 Å². The number of hydrogen-bond acceptors (Lipinski definition) is 4. The second-order valence-electron chi connectivity index (χ2n) is 4.46. The van der Waals surface area contributed by atoms with E-state index in [1.807, 2.05) is 30.3 Å². The quantitative estimate of drug-likeness (QED) is 0.761. The van der Waals surface area contributed by atoms with Gasteiger partial charge in [0.2, 0.25) is 0 Å². The molecule has 0 fully saturated rings. The van der Waals surface area contributed by atoms with Gasteiger partial charge >= 0.3 is 0 Å². The van der Waals surface area contributed by atoms with Crippen LogP contribution in [0.4, 0.5) is 11.5 Å². The standard InChI is InChI=1S/C15H11ClN4O/c16-12-8-19-14(17)6-11(12)15(21)20-10-5-9-3-1-2-4-13(9)18-7-10/h1-8H,(H2,17,19)(H,20,21). The second kappa shape index (κ2) is 5.38. The molecule has 21 heavy (non-hydrogen) atoms. The van der Waals surface area contributed by atoms with Crippen LogP contribution in [0.3, 0.4) is 0 Å². The first kappa shape index (κ1) is 13.3. The van der Waals surface area contributed by atoms with E-state index >= 15 is 0 Å². The third-order valence-electron chi connectivity index (χ3n) is 2.97. The van der Waals surface area contributed by atoms with Gasteiger partial charge in [-0.3, -0.25) is 9.78 Å². The summed E-state index contributed by atoms with van der Waals surface area (Å²) in [6, 6.07) is 10.9. The number of nitrogens with one attached hydrogen (secondary N) is 1. The molecule has 0 spiro atoms. The van der Waals surface area contributed by atoms with Crippen LogP contribution in [0.5, 0.6) is 0 Å². The molecule has 2 aromatic heterocycles. The number of para-hydroxylation sites is 1. The molecule has 0 saturated carbocycles. The average Bonchev–Trinajstić information content (AvgIpc) is 2.49. The first-order valence-electron chi connectivity index (χ1n) is 6.20. The molecule has 5 nitrogen and oxygen atoms in total. The van der Waals surface area contributed by atoms with Gasteiger partial charge in [0.1, 0.15) is 5.82 Å². The van der Waals surface area contributed by atoms with Crippen molar-refractivity contribution in [2.24, 2.45) is 0 Å². The number of pyridine rings is 2. The fraction of sp³-hybridized carbons (Fsp3) is 0. The lowest BCUT2D eigenvalue weighted by Gasteiger charge is -2.07. The molecule has 0 atom stereocenters. The molecule has 0 aliphatic heterocycles. The average molecular weight is 299 g/mol. The maximum atomic E-state index is 12.2. The summed E-state index contributed by atoms with van der Waals surface area (Å²) >= 11 is 5.96. The Hall–Kier alpha value is -2.66. The van der Waals surface area contributed by atoms with Gasteiger partial charge in [0.15, 0.2) is 0 Å². The highest BCUT2D eigenvalue weighted by molar-refractivity contribution is 6.34. The van der Waals surface area contributed by atoms with Crippen LogP contribution in [0.2, 0.25) is 5.02 Å². The Morgan fingerprint density at radius 2 is 1.95 bits per heavy atom. The molecular weight excluding hydrogens is 288 g/mol. The summed E-state index contributed by atoms with van der Waals surface area (Å²) < 4.78 is 0. The summed E-state index contributed by atoms with van der Waals surface area (Å²) in [5, 5.41) is 3.94. The number of benzene rings is 1. The van der Waals surface area contributed by atoms with Crippen molar-refractivity contribution in [3.63, 3.8) is 0 Å². The van der Waals surface area contributed by atoms with Crippen molar-refractivity contribution in [1.82, 2.24) is 9.97 Å². The number of carbonyl (C=O) groups excluding carboxylic acids is 1. The number of carbonyl (C=O) groups is 1. The monoisotopic (exact) mass is 298 g/mol. The summed E-state index contributed by atoms with van der Waals surface area (Å²) in [6.07, 6.45) is 2.95. The number of nitrogen functional groups attached to an aromatic ring is 1. The molecule has 0 aliphatic rings. The Morgan fingerprint density at radius 1 is 1.14 bits per heavy atom. The fourth-order valence-electron chi connectivity index (χ4n) is 1.97. The molecule has 0 bridgehead atoms. The lowest BCUT2D eigenvalue weighted by molar-refractivity contribution is 0.102. The van der Waals surface area contributed by atoms with Crippen molar-refractivity contribution in [2.75, 3.05) is 11.1 Å². The maximum absolute atomic E-state index is 12.2. The predicted octanol–water partition coefficient (Wildman–Crippen LogP) is 3.12. The number of fused-ring (bicyclic) bond motifs is 1. The molecule has 1 amide bonds. The van der Waals surface area contributed by atoms with Gasteiger partial charge in [-0.15, -0.1) is 0 Å². The number of aromatic nitrogens is 2. The van der Waals surface area contributed by atoms with E-state index in [1.54, 1.807) is 6.20 Å². The zero-order chi connectivity index (χ0) is 14.8. The summed E-state index contributed by atoms with van der Waals surface area (Å²) in [4.78, 5) is 20.3. The van der Waals surface area contributed by atoms with E-state index in [0.29, 0.717) is 5.69 Å². The number of rotatable bonds is 2. The summed E-state index contributed by atoms with van der Waals surface area (Å²) in [5.74, 6) is -0.118. The highest BCUT2D eigenvalue weighted by Crippen LogP contribution is 2.20. The topological polar surface area (TPSA) is 80.9 Å².